The van der Waals surface area contributed by atoms with Gasteiger partial charge in [0.25, 0.3) is 5.91 Å². The van der Waals surface area contributed by atoms with Gasteiger partial charge in [0.15, 0.2) is 0 Å². The number of primary amides is 1. The third kappa shape index (κ3) is 5.06. The van der Waals surface area contributed by atoms with Gasteiger partial charge < -0.3 is 15.8 Å². The van der Waals surface area contributed by atoms with E-state index >= 15 is 0 Å². The maximum Gasteiger partial charge on any atom is 0.251 e. The Morgan fingerprint density at radius 3 is 2.86 bits per heavy atom. The lowest BCUT2D eigenvalue weighted by Crippen LogP contribution is -2.37. The summed E-state index contributed by atoms with van der Waals surface area (Å²) >= 11 is 3.20. The molecular formula is C21H27N3O3S2. The second-order valence-corrected chi connectivity index (χ2v) is 9.85. The predicted octanol–water partition coefficient (Wildman–Crippen LogP) is 3.41. The van der Waals surface area contributed by atoms with Crippen molar-refractivity contribution in [2.45, 2.75) is 51.2 Å². The number of rotatable bonds is 8. The summed E-state index contributed by atoms with van der Waals surface area (Å²) in [5, 5.41) is 5.65. The van der Waals surface area contributed by atoms with Gasteiger partial charge in [-0.15, -0.1) is 22.7 Å². The predicted molar refractivity (Wildman–Crippen MR) is 117 cm³/mol. The third-order valence-electron chi connectivity index (χ3n) is 5.48. The highest BCUT2D eigenvalue weighted by Crippen LogP contribution is 2.37. The van der Waals surface area contributed by atoms with Crippen LogP contribution in [0.5, 0.6) is 0 Å². The van der Waals surface area contributed by atoms with Gasteiger partial charge >= 0.3 is 0 Å². The number of amides is 2. The molecule has 8 heteroatoms. The molecule has 0 saturated carbocycles. The molecule has 2 aromatic rings. The van der Waals surface area contributed by atoms with E-state index in [2.05, 4.69) is 21.7 Å². The molecule has 1 aliphatic carbocycles. The summed E-state index contributed by atoms with van der Waals surface area (Å²) in [5.74, 6) is -0.560. The smallest absolute Gasteiger partial charge is 0.251 e. The molecule has 2 aliphatic rings. The molecule has 29 heavy (non-hydrogen) atoms. The van der Waals surface area contributed by atoms with Gasteiger partial charge in [-0.2, -0.15) is 0 Å². The molecule has 2 amide bonds. The van der Waals surface area contributed by atoms with Crippen molar-refractivity contribution in [2.24, 2.45) is 5.73 Å². The Balaban J connectivity index is 1.46. The second-order valence-electron chi connectivity index (χ2n) is 7.71. The maximum absolute atomic E-state index is 12.9. The maximum atomic E-state index is 12.9. The van der Waals surface area contributed by atoms with Gasteiger partial charge in [-0.25, -0.2) is 0 Å². The van der Waals surface area contributed by atoms with Gasteiger partial charge in [0, 0.05) is 29.5 Å². The number of hydrogen-bond acceptors (Lipinski definition) is 6. The molecule has 1 unspecified atom stereocenters. The van der Waals surface area contributed by atoms with E-state index < -0.39 is 5.91 Å². The minimum Gasteiger partial charge on any atom is -0.377 e. The molecule has 4 rings (SSSR count). The Bertz CT molecular complexity index is 857. The summed E-state index contributed by atoms with van der Waals surface area (Å²) in [6.45, 7) is 2.51. The fourth-order valence-electron chi connectivity index (χ4n) is 4.17. The van der Waals surface area contributed by atoms with Gasteiger partial charge in [-0.05, 0) is 55.5 Å². The number of carbonyl (C=O) groups is 2. The molecule has 0 radical (unpaired) electrons. The summed E-state index contributed by atoms with van der Waals surface area (Å²) < 4.78 is 5.78. The van der Waals surface area contributed by atoms with Gasteiger partial charge in [0.1, 0.15) is 5.00 Å². The van der Waals surface area contributed by atoms with Crippen LogP contribution in [0.2, 0.25) is 0 Å². The number of fused-ring (bicyclic) bond motifs is 1. The van der Waals surface area contributed by atoms with Crippen molar-refractivity contribution in [3.8, 4) is 0 Å². The van der Waals surface area contributed by atoms with Crippen molar-refractivity contribution >= 4 is 39.5 Å². The number of thiophene rings is 2. The van der Waals surface area contributed by atoms with E-state index in [9.17, 15) is 9.59 Å². The molecule has 1 fully saturated rings. The number of aryl methyl sites for hydroxylation is 1. The largest absolute Gasteiger partial charge is 0.377 e. The van der Waals surface area contributed by atoms with Crippen molar-refractivity contribution < 1.29 is 14.3 Å². The first-order chi connectivity index (χ1) is 14.1. The zero-order valence-corrected chi connectivity index (χ0v) is 18.1. The molecule has 2 aromatic heterocycles. The number of anilines is 1. The van der Waals surface area contributed by atoms with Crippen molar-refractivity contribution in [1.82, 2.24) is 4.90 Å². The van der Waals surface area contributed by atoms with Crippen LogP contribution in [0.1, 0.15) is 51.4 Å². The van der Waals surface area contributed by atoms with E-state index in [1.54, 1.807) is 11.3 Å². The normalized spacial score (nSPS) is 18.7. The first-order valence-corrected chi connectivity index (χ1v) is 11.9. The molecule has 6 nitrogen and oxygen atoms in total. The van der Waals surface area contributed by atoms with Crippen LogP contribution in [0.4, 0.5) is 5.00 Å². The SMILES string of the molecule is NC(=O)c1c(NC(=O)CN(Cc2cccs2)CC2CCCO2)sc2c1CCCC2. The number of nitrogens with two attached hydrogens (primary N) is 1. The standard InChI is InChI=1S/C21H27N3O3S2/c22-20(26)19-16-7-1-2-8-17(16)29-21(19)23-18(25)13-24(11-14-5-3-9-27-14)12-15-6-4-10-28-15/h4,6,10,14H,1-3,5,7-9,11-13H2,(H2,22,26)(H,23,25). The fraction of sp³-hybridized carbons (Fsp3) is 0.524. The van der Waals surface area contributed by atoms with Gasteiger partial charge in [0.2, 0.25) is 5.91 Å². The van der Waals surface area contributed by atoms with Gasteiger partial charge in [0.05, 0.1) is 18.2 Å². The summed E-state index contributed by atoms with van der Waals surface area (Å²) in [6, 6.07) is 4.11. The molecule has 156 valence electrons. The minimum atomic E-state index is -0.450. The highest BCUT2D eigenvalue weighted by Gasteiger charge is 2.26. The van der Waals surface area contributed by atoms with Crippen LogP contribution >= 0.6 is 22.7 Å². The summed E-state index contributed by atoms with van der Waals surface area (Å²) in [7, 11) is 0. The van der Waals surface area contributed by atoms with Crippen LogP contribution < -0.4 is 11.1 Å². The van der Waals surface area contributed by atoms with E-state index in [-0.39, 0.29) is 18.6 Å². The topological polar surface area (TPSA) is 84.7 Å². The molecule has 1 aliphatic heterocycles. The lowest BCUT2D eigenvalue weighted by Gasteiger charge is -2.24. The molecule has 1 atom stereocenters. The van der Waals surface area contributed by atoms with Crippen LogP contribution in [0.15, 0.2) is 17.5 Å². The summed E-state index contributed by atoms with van der Waals surface area (Å²) in [5.41, 5.74) is 7.21. The first-order valence-electron chi connectivity index (χ1n) is 10.2. The number of hydrogen-bond donors (Lipinski definition) is 2. The zero-order chi connectivity index (χ0) is 20.2. The summed E-state index contributed by atoms with van der Waals surface area (Å²) in [4.78, 5) is 29.5. The number of ether oxygens (including phenoxy) is 1. The number of carbonyl (C=O) groups excluding carboxylic acids is 2. The quantitative estimate of drug-likeness (QED) is 0.668. The minimum absolute atomic E-state index is 0.111. The fourth-order valence-corrected chi connectivity index (χ4v) is 6.23. The van der Waals surface area contributed by atoms with Gasteiger partial charge in [-0.1, -0.05) is 6.07 Å². The van der Waals surface area contributed by atoms with Crippen LogP contribution in [-0.4, -0.2) is 42.5 Å². The zero-order valence-electron chi connectivity index (χ0n) is 16.4. The van der Waals surface area contributed by atoms with E-state index in [1.807, 2.05) is 6.07 Å². The molecule has 0 aromatic carbocycles. The Hall–Kier alpha value is -1.74. The highest BCUT2D eigenvalue weighted by molar-refractivity contribution is 7.17. The second kappa shape index (κ2) is 9.38. The Labute approximate surface area is 179 Å². The Morgan fingerprint density at radius 2 is 2.14 bits per heavy atom. The van der Waals surface area contributed by atoms with E-state index in [4.69, 9.17) is 10.5 Å². The highest BCUT2D eigenvalue weighted by atomic mass is 32.1. The molecular weight excluding hydrogens is 406 g/mol. The van der Waals surface area contributed by atoms with E-state index in [0.29, 0.717) is 17.1 Å². The van der Waals surface area contributed by atoms with E-state index in [0.717, 1.165) is 57.2 Å². The van der Waals surface area contributed by atoms with Crippen molar-refractivity contribution in [1.29, 1.82) is 0 Å². The molecule has 1 saturated heterocycles. The Morgan fingerprint density at radius 1 is 1.28 bits per heavy atom. The van der Waals surface area contributed by atoms with Crippen LogP contribution in [0, 0.1) is 0 Å². The first kappa shape index (κ1) is 20.5. The van der Waals surface area contributed by atoms with Gasteiger partial charge in [-0.3, -0.25) is 14.5 Å². The number of nitrogens with one attached hydrogen (secondary N) is 1. The average molecular weight is 434 g/mol. The molecule has 3 N–H and O–H groups in total. The molecule has 0 spiro atoms. The van der Waals surface area contributed by atoms with Crippen molar-refractivity contribution in [2.75, 3.05) is 25.0 Å². The Kier molecular flexibility index (Phi) is 6.64. The number of nitrogens with zero attached hydrogens (tertiary/aromatic N) is 1. The monoisotopic (exact) mass is 433 g/mol. The van der Waals surface area contributed by atoms with Crippen LogP contribution in [0.3, 0.4) is 0 Å². The lowest BCUT2D eigenvalue weighted by atomic mass is 9.95. The van der Waals surface area contributed by atoms with E-state index in [1.165, 1.54) is 21.1 Å². The average Bonchev–Trinajstić information content (AvgIpc) is 3.41. The third-order valence-corrected chi connectivity index (χ3v) is 7.55. The van der Waals surface area contributed by atoms with Crippen molar-refractivity contribution in [3.63, 3.8) is 0 Å². The van der Waals surface area contributed by atoms with Crippen molar-refractivity contribution in [3.05, 3.63) is 38.4 Å². The molecule has 3 heterocycles. The van der Waals surface area contributed by atoms with Crippen LogP contribution in [-0.2, 0) is 28.9 Å². The lowest BCUT2D eigenvalue weighted by molar-refractivity contribution is -0.117. The molecule has 0 bridgehead atoms. The van der Waals surface area contributed by atoms with Crippen LogP contribution in [0.25, 0.3) is 0 Å². The summed E-state index contributed by atoms with van der Waals surface area (Å²) in [6.07, 6.45) is 6.29.